The van der Waals surface area contributed by atoms with E-state index in [-0.39, 0.29) is 5.84 Å². The third-order valence-corrected chi connectivity index (χ3v) is 2.31. The number of aryl methyl sites for hydroxylation is 2. The molecule has 2 rings (SSSR count). The SMILES string of the molecule is Cc1ccn2c(/C(N)=N\O)c(C)nc2c1. The van der Waals surface area contributed by atoms with Crippen molar-refractivity contribution in [2.24, 2.45) is 10.9 Å². The summed E-state index contributed by atoms with van der Waals surface area (Å²) in [5, 5.41) is 11.7. The van der Waals surface area contributed by atoms with Crippen LogP contribution in [0.15, 0.2) is 23.5 Å². The number of nitrogens with two attached hydrogens (primary N) is 1. The molecule has 15 heavy (non-hydrogen) atoms. The van der Waals surface area contributed by atoms with Gasteiger partial charge in [-0.05, 0) is 31.5 Å². The first kappa shape index (κ1) is 9.51. The fourth-order valence-electron chi connectivity index (χ4n) is 1.62. The van der Waals surface area contributed by atoms with Gasteiger partial charge in [-0.3, -0.25) is 4.40 Å². The third-order valence-electron chi connectivity index (χ3n) is 2.31. The fourth-order valence-corrected chi connectivity index (χ4v) is 1.62. The van der Waals surface area contributed by atoms with Gasteiger partial charge in [0, 0.05) is 6.20 Å². The number of fused-ring (bicyclic) bond motifs is 1. The van der Waals surface area contributed by atoms with Crippen LogP contribution in [-0.4, -0.2) is 20.4 Å². The summed E-state index contributed by atoms with van der Waals surface area (Å²) in [4.78, 5) is 4.33. The number of hydrogen-bond donors (Lipinski definition) is 2. The van der Waals surface area contributed by atoms with E-state index in [0.717, 1.165) is 16.9 Å². The lowest BCUT2D eigenvalue weighted by atomic mass is 10.3. The Hall–Kier alpha value is -2.04. The van der Waals surface area contributed by atoms with Crippen molar-refractivity contribution in [1.29, 1.82) is 0 Å². The van der Waals surface area contributed by atoms with Crippen LogP contribution in [0.4, 0.5) is 0 Å². The Kier molecular flexibility index (Phi) is 2.07. The second kappa shape index (κ2) is 3.27. The monoisotopic (exact) mass is 204 g/mol. The summed E-state index contributed by atoms with van der Waals surface area (Å²) in [7, 11) is 0. The molecule has 3 N–H and O–H groups in total. The van der Waals surface area contributed by atoms with Gasteiger partial charge in [0.1, 0.15) is 11.3 Å². The van der Waals surface area contributed by atoms with E-state index < -0.39 is 0 Å². The molecule has 5 heteroatoms. The smallest absolute Gasteiger partial charge is 0.189 e. The Morgan fingerprint density at radius 1 is 1.53 bits per heavy atom. The van der Waals surface area contributed by atoms with Gasteiger partial charge in [0.25, 0.3) is 0 Å². The van der Waals surface area contributed by atoms with Crippen LogP contribution in [0.2, 0.25) is 0 Å². The van der Waals surface area contributed by atoms with Crippen LogP contribution >= 0.6 is 0 Å². The number of hydrogen-bond acceptors (Lipinski definition) is 3. The molecule has 5 nitrogen and oxygen atoms in total. The van der Waals surface area contributed by atoms with Gasteiger partial charge in [0.15, 0.2) is 5.84 Å². The number of imidazole rings is 1. The second-order valence-electron chi connectivity index (χ2n) is 3.46. The van der Waals surface area contributed by atoms with Crippen molar-refractivity contribution in [1.82, 2.24) is 9.38 Å². The standard InChI is InChI=1S/C10H12N4O/c1-6-3-4-14-8(5-6)12-7(2)9(14)10(11)13-15/h3-5,15H,1-2H3,(H2,11,13). The summed E-state index contributed by atoms with van der Waals surface area (Å²) in [6, 6.07) is 3.89. The molecule has 0 fully saturated rings. The zero-order valence-electron chi connectivity index (χ0n) is 8.60. The van der Waals surface area contributed by atoms with E-state index >= 15 is 0 Å². The molecule has 2 aromatic rings. The highest BCUT2D eigenvalue weighted by atomic mass is 16.4. The molecular weight excluding hydrogens is 192 g/mol. The summed E-state index contributed by atoms with van der Waals surface area (Å²) in [6.07, 6.45) is 1.86. The fraction of sp³-hybridized carbons (Fsp3) is 0.200. The second-order valence-corrected chi connectivity index (χ2v) is 3.46. The molecular formula is C10H12N4O. The van der Waals surface area contributed by atoms with Gasteiger partial charge in [0.2, 0.25) is 0 Å². The first-order valence-corrected chi connectivity index (χ1v) is 4.56. The summed E-state index contributed by atoms with van der Waals surface area (Å²) >= 11 is 0. The zero-order chi connectivity index (χ0) is 11.0. The van der Waals surface area contributed by atoms with E-state index in [2.05, 4.69) is 10.1 Å². The summed E-state index contributed by atoms with van der Waals surface area (Å²) in [5.41, 5.74) is 8.88. The van der Waals surface area contributed by atoms with Crippen LogP contribution in [-0.2, 0) is 0 Å². The summed E-state index contributed by atoms with van der Waals surface area (Å²) in [6.45, 7) is 3.82. The van der Waals surface area contributed by atoms with E-state index in [0.29, 0.717) is 5.69 Å². The number of amidine groups is 1. The molecule has 0 aliphatic heterocycles. The van der Waals surface area contributed by atoms with Gasteiger partial charge in [-0.25, -0.2) is 4.98 Å². The topological polar surface area (TPSA) is 75.9 Å². The minimum Gasteiger partial charge on any atom is -0.409 e. The van der Waals surface area contributed by atoms with Crippen molar-refractivity contribution >= 4 is 11.5 Å². The Balaban J connectivity index is 2.79. The Morgan fingerprint density at radius 3 is 2.93 bits per heavy atom. The summed E-state index contributed by atoms with van der Waals surface area (Å²) < 4.78 is 1.80. The van der Waals surface area contributed by atoms with E-state index in [4.69, 9.17) is 10.9 Å². The van der Waals surface area contributed by atoms with Crippen LogP contribution in [0.25, 0.3) is 5.65 Å². The van der Waals surface area contributed by atoms with Crippen LogP contribution in [0.3, 0.4) is 0 Å². The minimum atomic E-state index is 0.0730. The van der Waals surface area contributed by atoms with E-state index in [1.165, 1.54) is 0 Å². The minimum absolute atomic E-state index is 0.0730. The van der Waals surface area contributed by atoms with E-state index in [1.54, 1.807) is 4.40 Å². The van der Waals surface area contributed by atoms with Crippen LogP contribution in [0.1, 0.15) is 17.0 Å². The maximum atomic E-state index is 8.67. The Morgan fingerprint density at radius 2 is 2.27 bits per heavy atom. The Labute approximate surface area is 86.8 Å². The average Bonchev–Trinajstić information content (AvgIpc) is 2.52. The molecule has 2 aromatic heterocycles. The van der Waals surface area contributed by atoms with Crippen LogP contribution in [0.5, 0.6) is 0 Å². The summed E-state index contributed by atoms with van der Waals surface area (Å²) in [5.74, 6) is 0.0730. The highest BCUT2D eigenvalue weighted by Gasteiger charge is 2.12. The van der Waals surface area contributed by atoms with Crippen molar-refractivity contribution in [2.45, 2.75) is 13.8 Å². The lowest BCUT2D eigenvalue weighted by Crippen LogP contribution is -2.16. The van der Waals surface area contributed by atoms with Crippen LogP contribution in [0, 0.1) is 13.8 Å². The van der Waals surface area contributed by atoms with Gasteiger partial charge in [-0.2, -0.15) is 0 Å². The Bertz CT molecular complexity index is 542. The molecule has 0 atom stereocenters. The molecule has 0 saturated carbocycles. The maximum absolute atomic E-state index is 8.67. The molecule has 0 aliphatic rings. The maximum Gasteiger partial charge on any atom is 0.189 e. The number of aromatic nitrogens is 2. The lowest BCUT2D eigenvalue weighted by Gasteiger charge is -2.00. The molecule has 0 saturated heterocycles. The number of rotatable bonds is 1. The van der Waals surface area contributed by atoms with Crippen molar-refractivity contribution in [2.75, 3.05) is 0 Å². The molecule has 0 unspecified atom stereocenters. The van der Waals surface area contributed by atoms with Crippen molar-refractivity contribution in [3.63, 3.8) is 0 Å². The molecule has 2 heterocycles. The van der Waals surface area contributed by atoms with Gasteiger partial charge in [-0.1, -0.05) is 5.16 Å². The van der Waals surface area contributed by atoms with E-state index in [9.17, 15) is 0 Å². The van der Waals surface area contributed by atoms with Crippen molar-refractivity contribution in [3.8, 4) is 0 Å². The van der Waals surface area contributed by atoms with Crippen molar-refractivity contribution in [3.05, 3.63) is 35.3 Å². The predicted octanol–water partition coefficient (Wildman–Crippen LogP) is 1.05. The molecule has 0 aromatic carbocycles. The quantitative estimate of drug-likeness (QED) is 0.315. The normalized spacial score (nSPS) is 12.3. The van der Waals surface area contributed by atoms with Gasteiger partial charge >= 0.3 is 0 Å². The zero-order valence-corrected chi connectivity index (χ0v) is 8.60. The highest BCUT2D eigenvalue weighted by molar-refractivity contribution is 5.97. The molecule has 0 spiro atoms. The molecule has 0 bridgehead atoms. The number of oxime groups is 1. The molecule has 0 aliphatic carbocycles. The lowest BCUT2D eigenvalue weighted by molar-refractivity contribution is 0.318. The van der Waals surface area contributed by atoms with Gasteiger partial charge in [-0.15, -0.1) is 0 Å². The van der Waals surface area contributed by atoms with Gasteiger partial charge < -0.3 is 10.9 Å². The molecule has 78 valence electrons. The molecule has 0 radical (unpaired) electrons. The van der Waals surface area contributed by atoms with Gasteiger partial charge in [0.05, 0.1) is 5.69 Å². The highest BCUT2D eigenvalue weighted by Crippen LogP contribution is 2.12. The first-order chi connectivity index (χ1) is 7.13. The molecule has 0 amide bonds. The predicted molar refractivity (Wildman–Crippen MR) is 57.2 cm³/mol. The van der Waals surface area contributed by atoms with E-state index in [1.807, 2.05) is 32.2 Å². The largest absolute Gasteiger partial charge is 0.409 e. The number of nitrogens with zero attached hydrogens (tertiary/aromatic N) is 3. The average molecular weight is 204 g/mol. The number of pyridine rings is 1. The van der Waals surface area contributed by atoms with Crippen molar-refractivity contribution < 1.29 is 5.21 Å². The third kappa shape index (κ3) is 1.41. The first-order valence-electron chi connectivity index (χ1n) is 4.56. The van der Waals surface area contributed by atoms with Crippen LogP contribution < -0.4 is 5.73 Å².